The van der Waals surface area contributed by atoms with Crippen molar-refractivity contribution in [2.75, 3.05) is 5.32 Å². The molecule has 7 heteroatoms. The van der Waals surface area contributed by atoms with Gasteiger partial charge in [0.05, 0.1) is 0 Å². The molecule has 1 unspecified atom stereocenters. The van der Waals surface area contributed by atoms with E-state index in [9.17, 15) is 9.59 Å². The number of aromatic nitrogens is 1. The maximum Gasteiger partial charge on any atom is 0.312 e. The average molecular weight is 419 g/mol. The van der Waals surface area contributed by atoms with Gasteiger partial charge >= 0.3 is 6.03 Å². The second-order valence-electron chi connectivity index (χ2n) is 7.13. The predicted octanol–water partition coefficient (Wildman–Crippen LogP) is 4.42. The predicted molar refractivity (Wildman–Crippen MR) is 122 cm³/mol. The highest BCUT2D eigenvalue weighted by atomic mass is 32.1. The van der Waals surface area contributed by atoms with Crippen LogP contribution in [0, 0.1) is 6.92 Å². The quantitative estimate of drug-likeness (QED) is 0.373. The first-order valence-electron chi connectivity index (χ1n) is 9.57. The largest absolute Gasteiger partial charge is 0.361 e. The summed E-state index contributed by atoms with van der Waals surface area (Å²) < 4.78 is 0. The van der Waals surface area contributed by atoms with Crippen LogP contribution in [0.25, 0.3) is 21.3 Å². The summed E-state index contributed by atoms with van der Waals surface area (Å²) >= 11 is 1.66. The summed E-state index contributed by atoms with van der Waals surface area (Å²) in [6.45, 7) is 2.06. The Morgan fingerprint density at radius 3 is 2.73 bits per heavy atom. The summed E-state index contributed by atoms with van der Waals surface area (Å²) in [7, 11) is 0. The Hall–Kier alpha value is -3.58. The maximum atomic E-state index is 13.0. The van der Waals surface area contributed by atoms with Crippen molar-refractivity contribution in [3.05, 3.63) is 77.3 Å². The molecular formula is C23H22N4O2S. The third kappa shape index (κ3) is 4.21. The molecule has 0 fully saturated rings. The van der Waals surface area contributed by atoms with Crippen LogP contribution >= 0.6 is 11.3 Å². The number of urea groups is 1. The van der Waals surface area contributed by atoms with Crippen LogP contribution in [0.1, 0.15) is 11.1 Å². The minimum atomic E-state index is -0.797. The summed E-state index contributed by atoms with van der Waals surface area (Å²) in [5.41, 5.74) is 10.1. The Kier molecular flexibility index (Phi) is 5.54. The van der Waals surface area contributed by atoms with Crippen molar-refractivity contribution < 1.29 is 9.59 Å². The number of benzene rings is 2. The monoisotopic (exact) mass is 418 g/mol. The molecule has 1 atom stereocenters. The Labute approximate surface area is 178 Å². The Balaban J connectivity index is 1.56. The fourth-order valence-corrected chi connectivity index (χ4v) is 4.46. The summed E-state index contributed by atoms with van der Waals surface area (Å²) in [5.74, 6) is -0.320. The van der Waals surface area contributed by atoms with Crippen molar-refractivity contribution in [3.8, 4) is 10.4 Å². The molecule has 0 aliphatic carbocycles. The van der Waals surface area contributed by atoms with E-state index >= 15 is 0 Å². The molecule has 4 aromatic rings. The lowest BCUT2D eigenvalue weighted by Crippen LogP contribution is -2.47. The zero-order valence-corrected chi connectivity index (χ0v) is 17.3. The molecule has 0 bridgehead atoms. The van der Waals surface area contributed by atoms with Crippen molar-refractivity contribution in [1.82, 2.24) is 10.3 Å². The number of hydrogen-bond acceptors (Lipinski definition) is 3. The highest BCUT2D eigenvalue weighted by Crippen LogP contribution is 2.30. The van der Waals surface area contributed by atoms with Gasteiger partial charge in [0.2, 0.25) is 5.91 Å². The van der Waals surface area contributed by atoms with Gasteiger partial charge in [0.15, 0.2) is 0 Å². The van der Waals surface area contributed by atoms with Gasteiger partial charge in [-0.1, -0.05) is 30.3 Å². The Bertz CT molecular complexity index is 1210. The van der Waals surface area contributed by atoms with E-state index in [-0.39, 0.29) is 5.91 Å². The van der Waals surface area contributed by atoms with Crippen LogP contribution in [0.3, 0.4) is 0 Å². The lowest BCUT2D eigenvalue weighted by molar-refractivity contribution is -0.117. The van der Waals surface area contributed by atoms with Crippen LogP contribution in [0.2, 0.25) is 0 Å². The lowest BCUT2D eigenvalue weighted by atomic mass is 10.0. The zero-order chi connectivity index (χ0) is 21.1. The van der Waals surface area contributed by atoms with Crippen molar-refractivity contribution in [1.29, 1.82) is 0 Å². The molecule has 0 saturated heterocycles. The fraction of sp³-hybridized carbons (Fsp3) is 0.130. The lowest BCUT2D eigenvalue weighted by Gasteiger charge is -2.17. The SMILES string of the molecule is Cc1ccsc1-c1cccc(NC(=O)C(Cc2c[nH]c3ccccc23)NC(N)=O)c1. The van der Waals surface area contributed by atoms with Crippen LogP contribution in [0.4, 0.5) is 10.5 Å². The van der Waals surface area contributed by atoms with Crippen LogP contribution in [0.15, 0.2) is 66.2 Å². The molecule has 0 spiro atoms. The zero-order valence-electron chi connectivity index (χ0n) is 16.4. The Morgan fingerprint density at radius 2 is 1.97 bits per heavy atom. The molecule has 152 valence electrons. The average Bonchev–Trinajstić information content (AvgIpc) is 3.34. The Morgan fingerprint density at radius 1 is 1.13 bits per heavy atom. The summed E-state index contributed by atoms with van der Waals surface area (Å²) in [6.07, 6.45) is 2.18. The number of aryl methyl sites for hydroxylation is 1. The van der Waals surface area contributed by atoms with E-state index in [4.69, 9.17) is 5.73 Å². The van der Waals surface area contributed by atoms with Gasteiger partial charge in [-0.3, -0.25) is 4.79 Å². The number of nitrogens with one attached hydrogen (secondary N) is 3. The number of primary amides is 1. The first kappa shape index (κ1) is 19.7. The molecule has 2 aromatic carbocycles. The van der Waals surface area contributed by atoms with Crippen LogP contribution in [-0.2, 0) is 11.2 Å². The van der Waals surface area contributed by atoms with Crippen molar-refractivity contribution >= 4 is 39.9 Å². The van der Waals surface area contributed by atoms with Gasteiger partial charge in [-0.2, -0.15) is 0 Å². The number of hydrogen-bond donors (Lipinski definition) is 4. The summed E-state index contributed by atoms with van der Waals surface area (Å²) in [6, 6.07) is 16.0. The summed E-state index contributed by atoms with van der Waals surface area (Å²) in [5, 5.41) is 8.54. The molecule has 6 nitrogen and oxygen atoms in total. The molecule has 0 aliphatic heterocycles. The number of carbonyl (C=O) groups is 2. The fourth-order valence-electron chi connectivity index (χ4n) is 3.54. The molecule has 0 saturated carbocycles. The first-order chi connectivity index (χ1) is 14.5. The van der Waals surface area contributed by atoms with Gasteiger partial charge in [-0.25, -0.2) is 4.79 Å². The van der Waals surface area contributed by atoms with Crippen molar-refractivity contribution in [3.63, 3.8) is 0 Å². The number of fused-ring (bicyclic) bond motifs is 1. The maximum absolute atomic E-state index is 13.0. The second-order valence-corrected chi connectivity index (χ2v) is 8.04. The number of H-pyrrole nitrogens is 1. The molecule has 4 rings (SSSR count). The number of aromatic amines is 1. The molecule has 2 heterocycles. The molecule has 0 radical (unpaired) electrons. The van der Waals surface area contributed by atoms with E-state index in [1.165, 1.54) is 5.56 Å². The molecule has 2 aromatic heterocycles. The number of nitrogens with two attached hydrogens (primary N) is 1. The van der Waals surface area contributed by atoms with Crippen LogP contribution < -0.4 is 16.4 Å². The molecule has 0 aliphatic rings. The molecule has 30 heavy (non-hydrogen) atoms. The first-order valence-corrected chi connectivity index (χ1v) is 10.5. The van der Waals surface area contributed by atoms with Crippen LogP contribution in [0.5, 0.6) is 0 Å². The van der Waals surface area contributed by atoms with Gasteiger partial charge in [0.25, 0.3) is 0 Å². The number of anilines is 1. The van der Waals surface area contributed by atoms with Gasteiger partial charge in [-0.05, 0) is 53.3 Å². The molecular weight excluding hydrogens is 396 g/mol. The third-order valence-corrected chi connectivity index (χ3v) is 6.05. The van der Waals surface area contributed by atoms with E-state index < -0.39 is 12.1 Å². The third-order valence-electron chi connectivity index (χ3n) is 4.99. The van der Waals surface area contributed by atoms with Gasteiger partial charge < -0.3 is 21.4 Å². The summed E-state index contributed by atoms with van der Waals surface area (Å²) in [4.78, 5) is 28.9. The van der Waals surface area contributed by atoms with E-state index in [0.29, 0.717) is 12.1 Å². The minimum absolute atomic E-state index is 0.320. The molecule has 3 amide bonds. The van der Waals surface area contributed by atoms with Gasteiger partial charge in [0, 0.05) is 34.1 Å². The topological polar surface area (TPSA) is 100 Å². The highest BCUT2D eigenvalue weighted by Gasteiger charge is 2.22. The highest BCUT2D eigenvalue weighted by molar-refractivity contribution is 7.13. The normalized spacial score (nSPS) is 11.9. The number of thiophene rings is 1. The second kappa shape index (κ2) is 8.42. The smallest absolute Gasteiger partial charge is 0.312 e. The number of rotatable bonds is 6. The minimum Gasteiger partial charge on any atom is -0.361 e. The number of para-hydroxylation sites is 1. The van der Waals surface area contributed by atoms with E-state index in [2.05, 4.69) is 28.6 Å². The van der Waals surface area contributed by atoms with Gasteiger partial charge in [0.1, 0.15) is 6.04 Å². The number of carbonyl (C=O) groups excluding carboxylic acids is 2. The van der Waals surface area contributed by atoms with E-state index in [1.54, 1.807) is 11.3 Å². The van der Waals surface area contributed by atoms with E-state index in [1.807, 2.05) is 60.1 Å². The number of amides is 3. The van der Waals surface area contributed by atoms with Gasteiger partial charge in [-0.15, -0.1) is 11.3 Å². The van der Waals surface area contributed by atoms with Crippen LogP contribution in [-0.4, -0.2) is 23.0 Å². The van der Waals surface area contributed by atoms with E-state index in [0.717, 1.165) is 26.9 Å². The molecule has 5 N–H and O–H groups in total. The van der Waals surface area contributed by atoms with Crippen molar-refractivity contribution in [2.24, 2.45) is 5.73 Å². The standard InChI is InChI=1S/C23H22N4O2S/c1-14-9-10-30-21(14)15-5-4-6-17(11-15)26-22(28)20(27-23(24)29)12-16-13-25-19-8-3-2-7-18(16)19/h2-11,13,20,25H,12H2,1H3,(H,26,28)(H3,24,27,29). The van der Waals surface area contributed by atoms with Crippen molar-refractivity contribution in [2.45, 2.75) is 19.4 Å².